The van der Waals surface area contributed by atoms with Crippen molar-refractivity contribution in [3.8, 4) is 0 Å². The van der Waals surface area contributed by atoms with Crippen LogP contribution in [0, 0.1) is 0 Å². The van der Waals surface area contributed by atoms with E-state index in [2.05, 4.69) is 16.0 Å². The van der Waals surface area contributed by atoms with Gasteiger partial charge < -0.3 is 25.9 Å². The summed E-state index contributed by atoms with van der Waals surface area (Å²) >= 11 is 0. The van der Waals surface area contributed by atoms with Crippen molar-refractivity contribution in [2.45, 2.75) is 6.42 Å². The third kappa shape index (κ3) is 14.9. The first-order chi connectivity index (χ1) is 6.27. The fraction of sp³-hybridized carbons (Fsp3) is 0.875. The molecule has 0 heterocycles. The quantitative estimate of drug-likeness (QED) is 0.262. The van der Waals surface area contributed by atoms with Gasteiger partial charge in [0.2, 0.25) is 0 Å². The van der Waals surface area contributed by atoms with Crippen molar-refractivity contribution >= 4 is 5.97 Å². The summed E-state index contributed by atoms with van der Waals surface area (Å²) in [6.45, 7) is 4.00. The summed E-state index contributed by atoms with van der Waals surface area (Å²) in [5, 5.41) is 19.2. The van der Waals surface area contributed by atoms with Crippen molar-refractivity contribution in [2.75, 3.05) is 39.8 Å². The van der Waals surface area contributed by atoms with Crippen LogP contribution in [0.1, 0.15) is 6.42 Å². The molecule has 0 fully saturated rings. The predicted octanol–water partition coefficient (Wildman–Crippen LogP) is -5.47. The van der Waals surface area contributed by atoms with E-state index in [-0.39, 0.29) is 36.0 Å². The average molecular weight is 211 g/mol. The van der Waals surface area contributed by atoms with E-state index in [0.717, 1.165) is 26.2 Å². The van der Waals surface area contributed by atoms with Crippen LogP contribution in [0.25, 0.3) is 0 Å². The summed E-state index contributed by atoms with van der Waals surface area (Å²) in [5.74, 6) is -1.00. The molecule has 0 spiro atoms. The van der Waals surface area contributed by atoms with Crippen LogP contribution in [0.2, 0.25) is 0 Å². The van der Waals surface area contributed by atoms with Crippen LogP contribution in [0.15, 0.2) is 0 Å². The van der Waals surface area contributed by atoms with Gasteiger partial charge in [-0.1, -0.05) is 0 Å². The number of rotatable bonds is 9. The normalized spacial score (nSPS) is 9.50. The standard InChI is InChI=1S/C8H19N3O2.Na/c1-9-4-5-11-7-6-10-3-2-8(12)13;/h9-11H,2-7H2,1H3,(H,12,13);/q;+1/p-1. The number of hydrogen-bond acceptors (Lipinski definition) is 5. The number of hydrogen-bond donors (Lipinski definition) is 3. The van der Waals surface area contributed by atoms with Crippen molar-refractivity contribution in [3.63, 3.8) is 0 Å². The molecule has 5 nitrogen and oxygen atoms in total. The molecule has 78 valence electrons. The van der Waals surface area contributed by atoms with E-state index in [9.17, 15) is 9.90 Å². The van der Waals surface area contributed by atoms with Crippen molar-refractivity contribution in [2.24, 2.45) is 0 Å². The molecule has 0 atom stereocenters. The van der Waals surface area contributed by atoms with Gasteiger partial charge in [-0.2, -0.15) is 0 Å². The molecule has 0 aliphatic carbocycles. The molecule has 0 bridgehead atoms. The minimum absolute atomic E-state index is 0. The molecule has 0 rings (SSSR count). The molecular formula is C8H18N3NaO2. The summed E-state index contributed by atoms with van der Waals surface area (Å²) < 4.78 is 0. The Bertz CT molecular complexity index is 136. The summed E-state index contributed by atoms with van der Waals surface area (Å²) in [6.07, 6.45) is 0.0799. The van der Waals surface area contributed by atoms with Crippen LogP contribution >= 0.6 is 0 Å². The Kier molecular flexibility index (Phi) is 16.0. The molecule has 0 aliphatic rings. The molecule has 0 radical (unpaired) electrons. The third-order valence-electron chi connectivity index (χ3n) is 1.54. The van der Waals surface area contributed by atoms with Gasteiger partial charge in [-0.15, -0.1) is 0 Å². The van der Waals surface area contributed by atoms with E-state index in [1.807, 2.05) is 7.05 Å². The van der Waals surface area contributed by atoms with Gasteiger partial charge in [0.25, 0.3) is 0 Å². The fourth-order valence-electron chi connectivity index (χ4n) is 0.831. The molecule has 0 amide bonds. The Morgan fingerprint density at radius 2 is 1.57 bits per heavy atom. The summed E-state index contributed by atoms with van der Waals surface area (Å²) in [5.41, 5.74) is 0. The van der Waals surface area contributed by atoms with Crippen molar-refractivity contribution in [1.29, 1.82) is 0 Å². The van der Waals surface area contributed by atoms with Crippen LogP contribution in [0.5, 0.6) is 0 Å². The maximum absolute atomic E-state index is 10.00. The smallest absolute Gasteiger partial charge is 0.550 e. The Labute approximate surface area is 107 Å². The minimum atomic E-state index is -1.00. The maximum Gasteiger partial charge on any atom is 1.00 e. The topological polar surface area (TPSA) is 76.2 Å². The first-order valence-corrected chi connectivity index (χ1v) is 4.53. The molecule has 0 aromatic carbocycles. The van der Waals surface area contributed by atoms with Crippen molar-refractivity contribution in [1.82, 2.24) is 16.0 Å². The first-order valence-electron chi connectivity index (χ1n) is 4.53. The molecule has 0 saturated heterocycles. The number of carboxylic acids is 1. The Hall–Kier alpha value is 0.350. The largest absolute Gasteiger partial charge is 1.00 e. The predicted molar refractivity (Wildman–Crippen MR) is 49.3 cm³/mol. The molecule has 0 aromatic heterocycles. The Morgan fingerprint density at radius 3 is 2.07 bits per heavy atom. The van der Waals surface area contributed by atoms with E-state index < -0.39 is 5.97 Å². The molecule has 0 aromatic rings. The van der Waals surface area contributed by atoms with Crippen LogP contribution in [-0.2, 0) is 4.79 Å². The van der Waals surface area contributed by atoms with Crippen molar-refractivity contribution < 1.29 is 39.5 Å². The molecule has 6 heteroatoms. The zero-order valence-corrected chi connectivity index (χ0v) is 11.1. The van der Waals surface area contributed by atoms with E-state index in [0.29, 0.717) is 6.54 Å². The van der Waals surface area contributed by atoms with Crippen LogP contribution in [0.4, 0.5) is 0 Å². The van der Waals surface area contributed by atoms with Crippen molar-refractivity contribution in [3.05, 3.63) is 0 Å². The number of nitrogens with one attached hydrogen (secondary N) is 3. The van der Waals surface area contributed by atoms with E-state index in [1.165, 1.54) is 0 Å². The molecule has 0 unspecified atom stereocenters. The number of likely N-dealkylation sites (N-methyl/N-ethyl adjacent to an activating group) is 1. The summed E-state index contributed by atoms with van der Waals surface area (Å²) in [4.78, 5) is 10.00. The minimum Gasteiger partial charge on any atom is -0.550 e. The van der Waals surface area contributed by atoms with E-state index in [1.54, 1.807) is 0 Å². The van der Waals surface area contributed by atoms with Gasteiger partial charge in [-0.25, -0.2) is 0 Å². The number of aliphatic carboxylic acids is 1. The van der Waals surface area contributed by atoms with Gasteiger partial charge >= 0.3 is 29.6 Å². The zero-order chi connectivity index (χ0) is 9.94. The van der Waals surface area contributed by atoms with Crippen LogP contribution in [-0.4, -0.2) is 45.7 Å². The van der Waals surface area contributed by atoms with Gasteiger partial charge in [0.05, 0.1) is 0 Å². The molecule has 0 saturated carbocycles. The summed E-state index contributed by atoms with van der Waals surface area (Å²) in [6, 6.07) is 0. The number of carboxylic acid groups (broad SMARTS) is 1. The number of carbonyl (C=O) groups excluding carboxylic acids is 1. The average Bonchev–Trinajstić information content (AvgIpc) is 2.09. The van der Waals surface area contributed by atoms with Crippen LogP contribution < -0.4 is 50.6 Å². The third-order valence-corrected chi connectivity index (χ3v) is 1.54. The second kappa shape index (κ2) is 13.4. The van der Waals surface area contributed by atoms with Gasteiger partial charge in [0.15, 0.2) is 0 Å². The maximum atomic E-state index is 10.00. The molecule has 14 heavy (non-hydrogen) atoms. The van der Waals surface area contributed by atoms with E-state index >= 15 is 0 Å². The second-order valence-corrected chi connectivity index (χ2v) is 2.73. The van der Waals surface area contributed by atoms with Gasteiger partial charge in [0, 0.05) is 38.7 Å². The summed E-state index contributed by atoms with van der Waals surface area (Å²) in [7, 11) is 1.90. The Morgan fingerprint density at radius 1 is 1.07 bits per heavy atom. The zero-order valence-electron chi connectivity index (χ0n) is 9.06. The van der Waals surface area contributed by atoms with Crippen LogP contribution in [0.3, 0.4) is 0 Å². The monoisotopic (exact) mass is 211 g/mol. The number of carbonyl (C=O) groups is 1. The second-order valence-electron chi connectivity index (χ2n) is 2.73. The van der Waals surface area contributed by atoms with Gasteiger partial charge in [-0.3, -0.25) is 0 Å². The van der Waals surface area contributed by atoms with Gasteiger partial charge in [0.1, 0.15) is 0 Å². The molecular weight excluding hydrogens is 193 g/mol. The Balaban J connectivity index is 0. The van der Waals surface area contributed by atoms with E-state index in [4.69, 9.17) is 0 Å². The van der Waals surface area contributed by atoms with Gasteiger partial charge in [-0.05, 0) is 13.5 Å². The molecule has 3 N–H and O–H groups in total. The molecule has 0 aliphatic heterocycles. The SMILES string of the molecule is CNCCNCCNCCC(=O)[O-].[Na+]. The first kappa shape index (κ1) is 16.8. The fourth-order valence-corrected chi connectivity index (χ4v) is 0.831.